The molecule has 0 radical (unpaired) electrons. The molecule has 0 aromatic heterocycles. The second kappa shape index (κ2) is 14.3. The first-order valence-electron chi connectivity index (χ1n) is 10.7. The zero-order valence-corrected chi connectivity index (χ0v) is 19.0. The third-order valence-electron chi connectivity index (χ3n) is 4.85. The van der Waals surface area contributed by atoms with E-state index in [1.54, 1.807) is 0 Å². The third kappa shape index (κ3) is 18.5. The normalized spacial score (nSPS) is 12.8. The van der Waals surface area contributed by atoms with Crippen LogP contribution < -0.4 is 0 Å². The first-order chi connectivity index (χ1) is 11.3. The monoisotopic (exact) mass is 358 g/mol. The van der Waals surface area contributed by atoms with E-state index in [4.69, 9.17) is 4.43 Å². The van der Waals surface area contributed by atoms with Crippen LogP contribution in [0.2, 0.25) is 19.6 Å². The van der Waals surface area contributed by atoms with Crippen molar-refractivity contribution in [3.8, 4) is 0 Å². The minimum atomic E-state index is -1.34. The summed E-state index contributed by atoms with van der Waals surface area (Å²) >= 11 is 0. The smallest absolute Gasteiger partial charge is 0.184 e. The molecule has 0 aromatic rings. The van der Waals surface area contributed by atoms with Gasteiger partial charge in [-0.15, -0.1) is 0 Å². The second-order valence-corrected chi connectivity index (χ2v) is 13.7. The predicted octanol–water partition coefficient (Wildman–Crippen LogP) is 6.62. The molecule has 0 atom stereocenters. The van der Waals surface area contributed by atoms with Crippen LogP contribution in [0, 0.1) is 0 Å². The van der Waals surface area contributed by atoms with E-state index in [0.29, 0.717) is 0 Å². The summed E-state index contributed by atoms with van der Waals surface area (Å²) in [5, 5.41) is 0. The van der Waals surface area contributed by atoms with Crippen molar-refractivity contribution in [2.75, 3.05) is 33.8 Å². The summed E-state index contributed by atoms with van der Waals surface area (Å²) in [6.45, 7) is 12.5. The highest BCUT2D eigenvalue weighted by Gasteiger charge is 2.18. The van der Waals surface area contributed by atoms with Gasteiger partial charge in [-0.05, 0) is 32.5 Å². The Morgan fingerprint density at radius 3 is 1.46 bits per heavy atom. The van der Waals surface area contributed by atoms with Crippen molar-refractivity contribution in [1.29, 1.82) is 0 Å². The van der Waals surface area contributed by atoms with Gasteiger partial charge in [0.05, 0.1) is 27.2 Å². The summed E-state index contributed by atoms with van der Waals surface area (Å²) < 4.78 is 7.11. The fourth-order valence-corrected chi connectivity index (χ4v) is 3.80. The van der Waals surface area contributed by atoms with E-state index < -0.39 is 8.32 Å². The molecule has 0 unspecified atom stereocenters. The lowest BCUT2D eigenvalue weighted by molar-refractivity contribution is -0.890. The minimum Gasteiger partial charge on any atom is -0.412 e. The SMILES string of the molecule is CCCCCCCCCCCCCC[N+](C)(C)CCO[Si](C)(C)C. The van der Waals surface area contributed by atoms with E-state index in [2.05, 4.69) is 40.7 Å². The summed E-state index contributed by atoms with van der Waals surface area (Å²) in [5.74, 6) is 0. The molecule has 146 valence electrons. The van der Waals surface area contributed by atoms with Crippen molar-refractivity contribution in [1.82, 2.24) is 0 Å². The molecule has 0 amide bonds. The Morgan fingerprint density at radius 1 is 0.625 bits per heavy atom. The Morgan fingerprint density at radius 2 is 1.04 bits per heavy atom. The lowest BCUT2D eigenvalue weighted by Gasteiger charge is -2.31. The molecular formula is C21H48NOSi+. The van der Waals surface area contributed by atoms with Crippen LogP contribution in [-0.2, 0) is 4.43 Å². The van der Waals surface area contributed by atoms with Crippen molar-refractivity contribution in [2.45, 2.75) is 104 Å². The number of hydrogen-bond donors (Lipinski definition) is 0. The van der Waals surface area contributed by atoms with Crippen LogP contribution in [0.25, 0.3) is 0 Å². The summed E-state index contributed by atoms with van der Waals surface area (Å²) in [6.07, 6.45) is 17.2. The van der Waals surface area contributed by atoms with Gasteiger partial charge >= 0.3 is 0 Å². The Balaban J connectivity index is 3.36. The maximum absolute atomic E-state index is 6.00. The highest BCUT2D eigenvalue weighted by Crippen LogP contribution is 2.13. The van der Waals surface area contributed by atoms with Crippen LogP contribution >= 0.6 is 0 Å². The molecule has 0 aliphatic carbocycles. The Hall–Kier alpha value is 0.137. The van der Waals surface area contributed by atoms with Crippen LogP contribution in [-0.4, -0.2) is 46.6 Å². The highest BCUT2D eigenvalue weighted by molar-refractivity contribution is 6.69. The Bertz CT molecular complexity index is 274. The average molecular weight is 359 g/mol. The lowest BCUT2D eigenvalue weighted by atomic mass is 10.1. The molecule has 0 saturated carbocycles. The second-order valence-electron chi connectivity index (χ2n) is 9.23. The van der Waals surface area contributed by atoms with Gasteiger partial charge in [0.1, 0.15) is 6.54 Å². The molecule has 0 saturated heterocycles. The van der Waals surface area contributed by atoms with Gasteiger partial charge in [0.25, 0.3) is 0 Å². The highest BCUT2D eigenvalue weighted by atomic mass is 28.4. The molecule has 2 nitrogen and oxygen atoms in total. The van der Waals surface area contributed by atoms with E-state index in [0.717, 1.165) is 17.6 Å². The van der Waals surface area contributed by atoms with Gasteiger partial charge in [-0.1, -0.05) is 71.1 Å². The molecule has 0 fully saturated rings. The van der Waals surface area contributed by atoms with E-state index in [-0.39, 0.29) is 0 Å². The van der Waals surface area contributed by atoms with E-state index in [1.165, 1.54) is 83.6 Å². The summed E-state index contributed by atoms with van der Waals surface area (Å²) in [4.78, 5) is 0. The molecule has 0 aliphatic heterocycles. The average Bonchev–Trinajstić information content (AvgIpc) is 2.46. The van der Waals surface area contributed by atoms with E-state index in [1.807, 2.05) is 0 Å². The number of nitrogens with zero attached hydrogens (tertiary/aromatic N) is 1. The van der Waals surface area contributed by atoms with Gasteiger partial charge < -0.3 is 8.91 Å². The minimum absolute atomic E-state index is 0.932. The van der Waals surface area contributed by atoms with Crippen molar-refractivity contribution < 1.29 is 8.91 Å². The van der Waals surface area contributed by atoms with Crippen LogP contribution in [0.3, 0.4) is 0 Å². The van der Waals surface area contributed by atoms with Crippen LogP contribution in [0.15, 0.2) is 0 Å². The van der Waals surface area contributed by atoms with Crippen LogP contribution in [0.5, 0.6) is 0 Å². The fourth-order valence-electron chi connectivity index (χ4n) is 3.09. The van der Waals surface area contributed by atoms with Crippen LogP contribution in [0.1, 0.15) is 84.0 Å². The van der Waals surface area contributed by atoms with Gasteiger partial charge in [0.2, 0.25) is 0 Å². The van der Waals surface area contributed by atoms with Crippen molar-refractivity contribution >= 4 is 8.32 Å². The predicted molar refractivity (Wildman–Crippen MR) is 112 cm³/mol. The van der Waals surface area contributed by atoms with Gasteiger partial charge in [-0.2, -0.15) is 0 Å². The topological polar surface area (TPSA) is 9.23 Å². The maximum Gasteiger partial charge on any atom is 0.184 e. The van der Waals surface area contributed by atoms with Crippen molar-refractivity contribution in [3.05, 3.63) is 0 Å². The first kappa shape index (κ1) is 24.1. The van der Waals surface area contributed by atoms with Crippen LogP contribution in [0.4, 0.5) is 0 Å². The quantitative estimate of drug-likeness (QED) is 0.161. The van der Waals surface area contributed by atoms with Gasteiger partial charge in [0, 0.05) is 0 Å². The molecule has 24 heavy (non-hydrogen) atoms. The van der Waals surface area contributed by atoms with Crippen molar-refractivity contribution in [2.24, 2.45) is 0 Å². The van der Waals surface area contributed by atoms with Gasteiger partial charge in [-0.25, -0.2) is 0 Å². The van der Waals surface area contributed by atoms with Gasteiger partial charge in [0.15, 0.2) is 8.32 Å². The lowest BCUT2D eigenvalue weighted by Crippen LogP contribution is -2.44. The summed E-state index contributed by atoms with van der Waals surface area (Å²) in [5.41, 5.74) is 0. The van der Waals surface area contributed by atoms with E-state index >= 15 is 0 Å². The molecule has 0 rings (SSSR count). The number of hydrogen-bond acceptors (Lipinski definition) is 1. The molecule has 0 spiro atoms. The molecule has 3 heteroatoms. The molecular weight excluding hydrogens is 310 g/mol. The maximum atomic E-state index is 6.00. The zero-order valence-electron chi connectivity index (χ0n) is 18.0. The molecule has 0 heterocycles. The van der Waals surface area contributed by atoms with Gasteiger partial charge in [-0.3, -0.25) is 0 Å². The fraction of sp³-hybridized carbons (Fsp3) is 1.00. The molecule has 0 aliphatic rings. The number of likely N-dealkylation sites (N-methyl/N-ethyl adjacent to an activating group) is 1. The summed E-state index contributed by atoms with van der Waals surface area (Å²) in [7, 11) is 3.37. The molecule has 0 aromatic carbocycles. The number of unbranched alkanes of at least 4 members (excludes halogenated alkanes) is 11. The number of quaternary nitrogens is 1. The molecule has 0 bridgehead atoms. The largest absolute Gasteiger partial charge is 0.412 e. The zero-order chi connectivity index (χ0) is 18.3. The number of rotatable bonds is 17. The molecule has 0 N–H and O–H groups in total. The van der Waals surface area contributed by atoms with Crippen molar-refractivity contribution in [3.63, 3.8) is 0 Å². The first-order valence-corrected chi connectivity index (χ1v) is 14.1. The van der Waals surface area contributed by atoms with E-state index in [9.17, 15) is 0 Å². The standard InChI is InChI=1S/C21H48NOSi/c1-7-8-9-10-11-12-13-14-15-16-17-18-19-22(2,3)20-21-23-24(4,5)6/h7-21H2,1-6H3/q+1. The Kier molecular flexibility index (Phi) is 14.4. The Labute approximate surface area is 155 Å². The third-order valence-corrected chi connectivity index (χ3v) is 5.92. The summed E-state index contributed by atoms with van der Waals surface area (Å²) in [6, 6.07) is 0.